The molecule has 18 heavy (non-hydrogen) atoms. The predicted octanol–water partition coefficient (Wildman–Crippen LogP) is 4.14. The Labute approximate surface area is 111 Å². The van der Waals surface area contributed by atoms with Gasteiger partial charge in [-0.15, -0.1) is 0 Å². The van der Waals surface area contributed by atoms with E-state index in [2.05, 4.69) is 49.4 Å². The van der Waals surface area contributed by atoms with E-state index >= 15 is 0 Å². The molecule has 0 saturated carbocycles. The van der Waals surface area contributed by atoms with Crippen molar-refractivity contribution >= 4 is 11.4 Å². The smallest absolute Gasteiger partial charge is 0.0549 e. The first kappa shape index (κ1) is 14.8. The molecule has 102 valence electrons. The van der Waals surface area contributed by atoms with Crippen molar-refractivity contribution in [3.05, 3.63) is 18.5 Å². The molecule has 0 radical (unpaired) electrons. The van der Waals surface area contributed by atoms with Crippen LogP contribution in [-0.2, 0) is 0 Å². The standard InChI is InChI=1S/C15H27N3/c1-5-8-17-14-9-15(11-16-10-14)18-13(4)7-6-12(2)3/h9-13,17-18H,5-8H2,1-4H3. The zero-order chi connectivity index (χ0) is 13.4. The van der Waals surface area contributed by atoms with E-state index in [0.29, 0.717) is 6.04 Å². The van der Waals surface area contributed by atoms with E-state index in [9.17, 15) is 0 Å². The van der Waals surface area contributed by atoms with Gasteiger partial charge >= 0.3 is 0 Å². The molecule has 0 bridgehead atoms. The van der Waals surface area contributed by atoms with Gasteiger partial charge in [0.05, 0.1) is 23.8 Å². The summed E-state index contributed by atoms with van der Waals surface area (Å²) in [5.41, 5.74) is 2.20. The molecule has 1 rings (SSSR count). The monoisotopic (exact) mass is 249 g/mol. The van der Waals surface area contributed by atoms with Crippen molar-refractivity contribution in [2.24, 2.45) is 5.92 Å². The van der Waals surface area contributed by atoms with Crippen LogP contribution in [0.25, 0.3) is 0 Å². The fourth-order valence-electron chi connectivity index (χ4n) is 1.82. The van der Waals surface area contributed by atoms with Crippen molar-refractivity contribution in [1.29, 1.82) is 0 Å². The van der Waals surface area contributed by atoms with Gasteiger partial charge in [-0.25, -0.2) is 0 Å². The third-order valence-corrected chi connectivity index (χ3v) is 2.91. The molecule has 0 aliphatic heterocycles. The molecule has 0 fully saturated rings. The van der Waals surface area contributed by atoms with Crippen molar-refractivity contribution in [3.63, 3.8) is 0 Å². The molecule has 0 aliphatic rings. The van der Waals surface area contributed by atoms with Crippen LogP contribution < -0.4 is 10.6 Å². The van der Waals surface area contributed by atoms with Gasteiger partial charge < -0.3 is 10.6 Å². The Morgan fingerprint density at radius 1 is 1.11 bits per heavy atom. The van der Waals surface area contributed by atoms with Crippen LogP contribution in [0.5, 0.6) is 0 Å². The lowest BCUT2D eigenvalue weighted by Crippen LogP contribution is -2.16. The van der Waals surface area contributed by atoms with Gasteiger partial charge in [-0.05, 0) is 38.2 Å². The van der Waals surface area contributed by atoms with Crippen LogP contribution in [0.2, 0.25) is 0 Å². The summed E-state index contributed by atoms with van der Waals surface area (Å²) < 4.78 is 0. The minimum Gasteiger partial charge on any atom is -0.384 e. The zero-order valence-electron chi connectivity index (χ0n) is 12.2. The molecule has 1 heterocycles. The molecule has 0 saturated heterocycles. The Morgan fingerprint density at radius 2 is 1.83 bits per heavy atom. The van der Waals surface area contributed by atoms with E-state index in [-0.39, 0.29) is 0 Å². The lowest BCUT2D eigenvalue weighted by Gasteiger charge is -2.16. The van der Waals surface area contributed by atoms with Gasteiger partial charge in [-0.3, -0.25) is 4.98 Å². The van der Waals surface area contributed by atoms with Crippen LogP contribution in [-0.4, -0.2) is 17.6 Å². The number of nitrogens with one attached hydrogen (secondary N) is 2. The first-order valence-corrected chi connectivity index (χ1v) is 7.07. The highest BCUT2D eigenvalue weighted by molar-refractivity contribution is 5.54. The lowest BCUT2D eigenvalue weighted by atomic mass is 10.0. The minimum absolute atomic E-state index is 0.496. The number of anilines is 2. The molecular formula is C15H27N3. The fraction of sp³-hybridized carbons (Fsp3) is 0.667. The summed E-state index contributed by atoms with van der Waals surface area (Å²) in [7, 11) is 0. The van der Waals surface area contributed by atoms with E-state index in [4.69, 9.17) is 0 Å². The highest BCUT2D eigenvalue weighted by Crippen LogP contribution is 2.16. The lowest BCUT2D eigenvalue weighted by molar-refractivity contribution is 0.527. The maximum atomic E-state index is 4.26. The number of pyridine rings is 1. The molecule has 1 aromatic heterocycles. The molecule has 0 aromatic carbocycles. The minimum atomic E-state index is 0.496. The topological polar surface area (TPSA) is 37.0 Å². The average molecular weight is 249 g/mol. The van der Waals surface area contributed by atoms with Gasteiger partial charge in [0, 0.05) is 12.6 Å². The predicted molar refractivity (Wildman–Crippen MR) is 80.2 cm³/mol. The number of aromatic nitrogens is 1. The van der Waals surface area contributed by atoms with Crippen LogP contribution in [0.1, 0.15) is 47.0 Å². The second-order valence-electron chi connectivity index (χ2n) is 5.41. The van der Waals surface area contributed by atoms with Crippen LogP contribution >= 0.6 is 0 Å². The number of rotatable bonds is 8. The molecule has 1 unspecified atom stereocenters. The summed E-state index contributed by atoms with van der Waals surface area (Å²) in [4.78, 5) is 4.26. The van der Waals surface area contributed by atoms with Crippen molar-refractivity contribution < 1.29 is 0 Å². The van der Waals surface area contributed by atoms with Gasteiger partial charge in [0.2, 0.25) is 0 Å². The molecule has 0 amide bonds. The molecule has 3 nitrogen and oxygen atoms in total. The summed E-state index contributed by atoms with van der Waals surface area (Å²) in [6.07, 6.45) is 7.35. The number of hydrogen-bond acceptors (Lipinski definition) is 3. The van der Waals surface area contributed by atoms with Gasteiger partial charge in [-0.2, -0.15) is 0 Å². The van der Waals surface area contributed by atoms with Gasteiger partial charge in [-0.1, -0.05) is 20.8 Å². The maximum Gasteiger partial charge on any atom is 0.0549 e. The van der Waals surface area contributed by atoms with Crippen LogP contribution in [0, 0.1) is 5.92 Å². The molecule has 1 aromatic rings. The van der Waals surface area contributed by atoms with Gasteiger partial charge in [0.25, 0.3) is 0 Å². The van der Waals surface area contributed by atoms with Crippen molar-refractivity contribution in [3.8, 4) is 0 Å². The summed E-state index contributed by atoms with van der Waals surface area (Å²) in [6, 6.07) is 2.63. The van der Waals surface area contributed by atoms with Gasteiger partial charge in [0.15, 0.2) is 0 Å². The van der Waals surface area contributed by atoms with E-state index in [1.807, 2.05) is 12.4 Å². The SMILES string of the molecule is CCCNc1cncc(NC(C)CCC(C)C)c1. The zero-order valence-corrected chi connectivity index (χ0v) is 12.2. The normalized spacial score (nSPS) is 12.5. The summed E-state index contributed by atoms with van der Waals surface area (Å²) in [6.45, 7) is 9.92. The molecular weight excluding hydrogens is 222 g/mol. The van der Waals surface area contributed by atoms with E-state index in [1.165, 1.54) is 12.8 Å². The molecule has 0 spiro atoms. The molecule has 1 atom stereocenters. The van der Waals surface area contributed by atoms with E-state index < -0.39 is 0 Å². The summed E-state index contributed by atoms with van der Waals surface area (Å²) >= 11 is 0. The molecule has 0 aliphatic carbocycles. The molecule has 3 heteroatoms. The second kappa shape index (κ2) is 7.96. The van der Waals surface area contributed by atoms with Gasteiger partial charge in [0.1, 0.15) is 0 Å². The maximum absolute atomic E-state index is 4.26. The van der Waals surface area contributed by atoms with Crippen LogP contribution in [0.4, 0.5) is 11.4 Å². The Kier molecular flexibility index (Phi) is 6.55. The molecule has 2 N–H and O–H groups in total. The Morgan fingerprint density at radius 3 is 2.50 bits per heavy atom. The Bertz CT molecular complexity index is 336. The third-order valence-electron chi connectivity index (χ3n) is 2.91. The van der Waals surface area contributed by atoms with Crippen LogP contribution in [0.15, 0.2) is 18.5 Å². The highest BCUT2D eigenvalue weighted by Gasteiger charge is 2.04. The quantitative estimate of drug-likeness (QED) is 0.727. The van der Waals surface area contributed by atoms with Crippen molar-refractivity contribution in [2.75, 3.05) is 17.2 Å². The fourth-order valence-corrected chi connectivity index (χ4v) is 1.82. The first-order chi connectivity index (χ1) is 8.61. The first-order valence-electron chi connectivity index (χ1n) is 7.07. The highest BCUT2D eigenvalue weighted by atomic mass is 14.9. The van der Waals surface area contributed by atoms with Crippen LogP contribution in [0.3, 0.4) is 0 Å². The van der Waals surface area contributed by atoms with Crippen molar-refractivity contribution in [1.82, 2.24) is 4.98 Å². The largest absolute Gasteiger partial charge is 0.384 e. The number of hydrogen-bond donors (Lipinski definition) is 2. The summed E-state index contributed by atoms with van der Waals surface area (Å²) in [5, 5.41) is 6.87. The number of nitrogens with zero attached hydrogens (tertiary/aromatic N) is 1. The Hall–Kier alpha value is -1.25. The van der Waals surface area contributed by atoms with E-state index in [0.717, 1.165) is 30.3 Å². The third kappa shape index (κ3) is 5.89. The second-order valence-corrected chi connectivity index (χ2v) is 5.41. The van der Waals surface area contributed by atoms with Crippen molar-refractivity contribution in [2.45, 2.75) is 53.0 Å². The summed E-state index contributed by atoms with van der Waals surface area (Å²) in [5.74, 6) is 0.768. The average Bonchev–Trinajstić information content (AvgIpc) is 2.34. The van der Waals surface area contributed by atoms with E-state index in [1.54, 1.807) is 0 Å². The Balaban J connectivity index is 2.45.